The Bertz CT molecular complexity index is 550. The summed E-state index contributed by atoms with van der Waals surface area (Å²) in [5.41, 5.74) is 12.1. The molecule has 6 heteroatoms. The van der Waals surface area contributed by atoms with Crippen molar-refractivity contribution in [1.29, 1.82) is 0 Å². The lowest BCUT2D eigenvalue weighted by atomic mass is 10.3. The third kappa shape index (κ3) is 1.61. The van der Waals surface area contributed by atoms with E-state index in [9.17, 15) is 4.79 Å². The minimum atomic E-state index is 0.104. The fourth-order valence-electron chi connectivity index (χ4n) is 1.39. The fourth-order valence-corrected chi connectivity index (χ4v) is 1.57. The molecule has 0 aliphatic rings. The van der Waals surface area contributed by atoms with E-state index in [1.54, 1.807) is 24.3 Å². The van der Waals surface area contributed by atoms with Crippen molar-refractivity contribution in [2.75, 3.05) is 11.5 Å². The van der Waals surface area contributed by atoms with Crippen molar-refractivity contribution in [1.82, 2.24) is 9.78 Å². The Morgan fingerprint density at radius 1 is 1.38 bits per heavy atom. The van der Waals surface area contributed by atoms with E-state index in [2.05, 4.69) is 5.10 Å². The van der Waals surface area contributed by atoms with Crippen LogP contribution >= 0.6 is 11.6 Å². The lowest BCUT2D eigenvalue weighted by Gasteiger charge is -2.03. The fraction of sp³-hybridized carbons (Fsp3) is 0. The van der Waals surface area contributed by atoms with Gasteiger partial charge in [0, 0.05) is 5.02 Å². The molecule has 1 aromatic carbocycles. The maximum absolute atomic E-state index is 10.7. The van der Waals surface area contributed by atoms with E-state index in [4.69, 9.17) is 23.1 Å². The van der Waals surface area contributed by atoms with Gasteiger partial charge >= 0.3 is 0 Å². The highest BCUT2D eigenvalue weighted by Gasteiger charge is 2.13. The number of anilines is 2. The minimum absolute atomic E-state index is 0.104. The molecule has 82 valence electrons. The summed E-state index contributed by atoms with van der Waals surface area (Å²) in [6.45, 7) is 0. The molecular formula is C10H9ClN4O. The molecule has 0 unspecified atom stereocenters. The number of carbonyl (C=O) groups is 1. The van der Waals surface area contributed by atoms with Gasteiger partial charge in [0.25, 0.3) is 0 Å². The average Bonchev–Trinajstić information content (AvgIpc) is 2.54. The molecule has 16 heavy (non-hydrogen) atoms. The van der Waals surface area contributed by atoms with Crippen molar-refractivity contribution < 1.29 is 4.79 Å². The smallest absolute Gasteiger partial charge is 0.158 e. The molecule has 2 aromatic rings. The first kappa shape index (κ1) is 10.5. The van der Waals surface area contributed by atoms with Crippen LogP contribution in [-0.2, 0) is 0 Å². The Morgan fingerprint density at radius 3 is 2.69 bits per heavy atom. The molecular weight excluding hydrogens is 228 g/mol. The van der Waals surface area contributed by atoms with Crippen molar-refractivity contribution in [3.05, 3.63) is 34.9 Å². The van der Waals surface area contributed by atoms with Crippen LogP contribution in [0.5, 0.6) is 0 Å². The highest BCUT2D eigenvalue weighted by atomic mass is 35.5. The van der Waals surface area contributed by atoms with E-state index in [0.29, 0.717) is 17.0 Å². The molecule has 0 radical (unpaired) electrons. The Balaban J connectivity index is 2.61. The number of halogens is 1. The lowest BCUT2D eigenvalue weighted by molar-refractivity contribution is 0.112. The van der Waals surface area contributed by atoms with Crippen LogP contribution in [0.1, 0.15) is 10.4 Å². The Hall–Kier alpha value is -2.01. The summed E-state index contributed by atoms with van der Waals surface area (Å²) in [6.07, 6.45) is 0.582. The van der Waals surface area contributed by atoms with Gasteiger partial charge in [-0.2, -0.15) is 0 Å². The number of benzene rings is 1. The molecule has 0 saturated carbocycles. The zero-order valence-corrected chi connectivity index (χ0v) is 8.98. The van der Waals surface area contributed by atoms with Crippen LogP contribution in [0.2, 0.25) is 5.02 Å². The molecule has 0 fully saturated rings. The predicted octanol–water partition coefficient (Wildman–Crippen LogP) is 1.50. The quantitative estimate of drug-likeness (QED) is 0.774. The van der Waals surface area contributed by atoms with Gasteiger partial charge < -0.3 is 11.5 Å². The summed E-state index contributed by atoms with van der Waals surface area (Å²) < 4.78 is 1.38. The van der Waals surface area contributed by atoms with Gasteiger partial charge in [-0.25, -0.2) is 4.68 Å². The van der Waals surface area contributed by atoms with E-state index in [1.807, 2.05) is 0 Å². The van der Waals surface area contributed by atoms with Crippen LogP contribution < -0.4 is 11.5 Å². The molecule has 0 saturated heterocycles. The second-order valence-electron chi connectivity index (χ2n) is 3.19. The van der Waals surface area contributed by atoms with Crippen LogP contribution in [0.15, 0.2) is 24.3 Å². The zero-order chi connectivity index (χ0) is 11.7. The molecule has 0 aliphatic carbocycles. The third-order valence-electron chi connectivity index (χ3n) is 2.16. The third-order valence-corrected chi connectivity index (χ3v) is 2.39. The Kier molecular flexibility index (Phi) is 2.54. The highest BCUT2D eigenvalue weighted by molar-refractivity contribution is 6.30. The minimum Gasteiger partial charge on any atom is -0.383 e. The predicted molar refractivity (Wildman–Crippen MR) is 62.8 cm³/mol. The average molecular weight is 237 g/mol. The van der Waals surface area contributed by atoms with E-state index in [0.717, 1.165) is 0 Å². The maximum atomic E-state index is 10.7. The van der Waals surface area contributed by atoms with Gasteiger partial charge in [-0.15, -0.1) is 5.10 Å². The number of nitrogens with two attached hydrogens (primary N) is 2. The highest BCUT2D eigenvalue weighted by Crippen LogP contribution is 2.22. The first-order valence-electron chi connectivity index (χ1n) is 4.48. The summed E-state index contributed by atoms with van der Waals surface area (Å²) in [4.78, 5) is 10.7. The summed E-state index contributed by atoms with van der Waals surface area (Å²) in [6, 6.07) is 6.94. The number of hydrogen-bond acceptors (Lipinski definition) is 4. The number of aromatic nitrogens is 2. The van der Waals surface area contributed by atoms with E-state index >= 15 is 0 Å². The first-order chi connectivity index (χ1) is 7.63. The molecule has 2 rings (SSSR count). The molecule has 4 N–H and O–H groups in total. The second kappa shape index (κ2) is 3.86. The van der Waals surface area contributed by atoms with Crippen LogP contribution in [0.4, 0.5) is 11.6 Å². The number of aldehydes is 1. The molecule has 5 nitrogen and oxygen atoms in total. The molecule has 0 aliphatic heterocycles. The van der Waals surface area contributed by atoms with Gasteiger partial charge in [-0.1, -0.05) is 17.7 Å². The second-order valence-corrected chi connectivity index (χ2v) is 3.63. The largest absolute Gasteiger partial charge is 0.383 e. The topological polar surface area (TPSA) is 86.9 Å². The maximum Gasteiger partial charge on any atom is 0.158 e. The molecule has 0 bridgehead atoms. The van der Waals surface area contributed by atoms with Gasteiger partial charge in [-0.3, -0.25) is 4.79 Å². The van der Waals surface area contributed by atoms with Gasteiger partial charge in [-0.05, 0) is 18.2 Å². The number of nitrogens with zero attached hydrogens (tertiary/aromatic N) is 2. The van der Waals surface area contributed by atoms with Gasteiger partial charge in [0.1, 0.15) is 11.4 Å². The number of hydrogen-bond donors (Lipinski definition) is 2. The Labute approximate surface area is 96.6 Å². The summed E-state index contributed by atoms with van der Waals surface area (Å²) >= 11 is 5.84. The SMILES string of the molecule is Nc1nn(-c2cccc(Cl)c2)c(N)c1C=O. The lowest BCUT2D eigenvalue weighted by Crippen LogP contribution is -2.02. The monoisotopic (exact) mass is 236 g/mol. The van der Waals surface area contributed by atoms with Gasteiger partial charge in [0.15, 0.2) is 12.1 Å². The first-order valence-corrected chi connectivity index (χ1v) is 4.86. The summed E-state index contributed by atoms with van der Waals surface area (Å²) in [7, 11) is 0. The Morgan fingerprint density at radius 2 is 2.12 bits per heavy atom. The van der Waals surface area contributed by atoms with E-state index in [1.165, 1.54) is 4.68 Å². The molecule has 0 spiro atoms. The van der Waals surface area contributed by atoms with Crippen molar-refractivity contribution >= 4 is 29.5 Å². The van der Waals surface area contributed by atoms with Crippen LogP contribution in [0.25, 0.3) is 5.69 Å². The molecule has 1 aromatic heterocycles. The number of rotatable bonds is 2. The van der Waals surface area contributed by atoms with Crippen LogP contribution in [0.3, 0.4) is 0 Å². The van der Waals surface area contributed by atoms with Crippen LogP contribution in [0, 0.1) is 0 Å². The van der Waals surface area contributed by atoms with Crippen LogP contribution in [-0.4, -0.2) is 16.1 Å². The van der Waals surface area contributed by atoms with Crippen molar-refractivity contribution in [3.8, 4) is 5.69 Å². The van der Waals surface area contributed by atoms with Crippen molar-refractivity contribution in [3.63, 3.8) is 0 Å². The standard InChI is InChI=1S/C10H9ClN4O/c11-6-2-1-3-7(4-6)15-10(13)8(5-16)9(12)14-15/h1-5H,13H2,(H2,12,14). The molecule has 0 atom stereocenters. The van der Waals surface area contributed by atoms with E-state index in [-0.39, 0.29) is 17.2 Å². The van der Waals surface area contributed by atoms with Gasteiger partial charge in [0.05, 0.1) is 5.69 Å². The normalized spacial score (nSPS) is 10.3. The van der Waals surface area contributed by atoms with Crippen molar-refractivity contribution in [2.45, 2.75) is 0 Å². The summed E-state index contributed by atoms with van der Waals surface area (Å²) in [5.74, 6) is 0.308. The van der Waals surface area contributed by atoms with E-state index < -0.39 is 0 Å². The molecule has 0 amide bonds. The summed E-state index contributed by atoms with van der Waals surface area (Å²) in [5, 5.41) is 4.53. The van der Waals surface area contributed by atoms with Gasteiger partial charge in [0.2, 0.25) is 0 Å². The zero-order valence-electron chi connectivity index (χ0n) is 8.22. The number of nitrogen functional groups attached to an aromatic ring is 2. The van der Waals surface area contributed by atoms with Crippen molar-refractivity contribution in [2.24, 2.45) is 0 Å². The molecule has 1 heterocycles. The number of carbonyl (C=O) groups excluding carboxylic acids is 1.